The molecule has 2 nitrogen and oxygen atoms in total. The Morgan fingerprint density at radius 2 is 2.00 bits per heavy atom. The molecule has 1 heterocycles. The molecule has 80 valence electrons. The van der Waals surface area contributed by atoms with Crippen molar-refractivity contribution in [1.29, 1.82) is 0 Å². The largest absolute Gasteiger partial charge is 0.224 e. The molecule has 1 aromatic rings. The second-order valence-electron chi connectivity index (χ2n) is 4.12. The first-order chi connectivity index (χ1) is 6.98. The highest BCUT2D eigenvalue weighted by Crippen LogP contribution is 2.28. The molecular formula is C12H14O2S. The molecule has 0 bridgehead atoms. The van der Waals surface area contributed by atoms with E-state index in [0.717, 1.165) is 5.56 Å². The zero-order chi connectivity index (χ0) is 11.1. The maximum Gasteiger partial charge on any atom is 0.172 e. The van der Waals surface area contributed by atoms with E-state index in [1.54, 1.807) is 6.08 Å². The Kier molecular flexibility index (Phi) is 2.43. The fourth-order valence-corrected chi connectivity index (χ4v) is 3.34. The van der Waals surface area contributed by atoms with Gasteiger partial charge in [0.15, 0.2) is 9.84 Å². The van der Waals surface area contributed by atoms with E-state index in [4.69, 9.17) is 0 Å². The van der Waals surface area contributed by atoms with Gasteiger partial charge in [0.1, 0.15) is 0 Å². The van der Waals surface area contributed by atoms with Crippen LogP contribution in [0.3, 0.4) is 0 Å². The number of benzene rings is 1. The minimum Gasteiger partial charge on any atom is -0.224 e. The van der Waals surface area contributed by atoms with Gasteiger partial charge in [0.25, 0.3) is 0 Å². The number of hydrogen-bond donors (Lipinski definition) is 0. The molecule has 2 rings (SSSR count). The lowest BCUT2D eigenvalue weighted by Gasteiger charge is -2.11. The van der Waals surface area contributed by atoms with Gasteiger partial charge < -0.3 is 0 Å². The summed E-state index contributed by atoms with van der Waals surface area (Å²) in [5.74, 6) is 0.257. The molecule has 1 unspecified atom stereocenters. The van der Waals surface area contributed by atoms with Gasteiger partial charge in [-0.15, -0.1) is 0 Å². The second-order valence-corrected chi connectivity index (χ2v) is 6.06. The predicted octanol–water partition coefficient (Wildman–Crippen LogP) is 2.33. The molecule has 0 spiro atoms. The molecule has 1 aromatic carbocycles. The van der Waals surface area contributed by atoms with Crippen LogP contribution in [0.25, 0.3) is 0 Å². The fourth-order valence-electron chi connectivity index (χ4n) is 2.01. The summed E-state index contributed by atoms with van der Waals surface area (Å²) in [4.78, 5) is 0. The third kappa shape index (κ3) is 2.12. The van der Waals surface area contributed by atoms with Crippen LogP contribution in [-0.2, 0) is 9.84 Å². The molecule has 3 heteroatoms. The summed E-state index contributed by atoms with van der Waals surface area (Å²) in [6, 6.07) is 6.15. The molecule has 1 aliphatic rings. The quantitative estimate of drug-likeness (QED) is 0.730. The Bertz CT molecular complexity index is 512. The van der Waals surface area contributed by atoms with E-state index in [2.05, 4.69) is 6.07 Å². The highest BCUT2D eigenvalue weighted by molar-refractivity contribution is 7.94. The van der Waals surface area contributed by atoms with Crippen molar-refractivity contribution in [1.82, 2.24) is 0 Å². The average Bonchev–Trinajstić information content (AvgIpc) is 2.46. The zero-order valence-electron chi connectivity index (χ0n) is 8.90. The monoisotopic (exact) mass is 222 g/mol. The topological polar surface area (TPSA) is 34.1 Å². The van der Waals surface area contributed by atoms with Crippen molar-refractivity contribution >= 4 is 9.84 Å². The second kappa shape index (κ2) is 3.49. The molecule has 15 heavy (non-hydrogen) atoms. The van der Waals surface area contributed by atoms with Gasteiger partial charge in [-0.3, -0.25) is 0 Å². The summed E-state index contributed by atoms with van der Waals surface area (Å²) < 4.78 is 22.6. The first-order valence-corrected chi connectivity index (χ1v) is 6.67. The summed E-state index contributed by atoms with van der Waals surface area (Å²) in [5, 5.41) is 1.33. The highest BCUT2D eigenvalue weighted by Gasteiger charge is 2.23. The average molecular weight is 222 g/mol. The van der Waals surface area contributed by atoms with Crippen LogP contribution < -0.4 is 0 Å². The maximum atomic E-state index is 11.3. The Labute approximate surface area is 90.6 Å². The Morgan fingerprint density at radius 1 is 1.27 bits per heavy atom. The third-order valence-electron chi connectivity index (χ3n) is 2.75. The lowest BCUT2D eigenvalue weighted by molar-refractivity contribution is 0.604. The van der Waals surface area contributed by atoms with E-state index in [-0.39, 0.29) is 11.7 Å². The number of aryl methyl sites for hydroxylation is 2. The van der Waals surface area contributed by atoms with Gasteiger partial charge in [-0.25, -0.2) is 8.42 Å². The van der Waals surface area contributed by atoms with Gasteiger partial charge in [0.2, 0.25) is 0 Å². The molecule has 0 fully saturated rings. The van der Waals surface area contributed by atoms with Gasteiger partial charge in [-0.05, 0) is 25.0 Å². The van der Waals surface area contributed by atoms with Crippen LogP contribution in [0.2, 0.25) is 0 Å². The summed E-state index contributed by atoms with van der Waals surface area (Å²) in [6.45, 7) is 4.07. The minimum absolute atomic E-state index is 0.0376. The summed E-state index contributed by atoms with van der Waals surface area (Å²) in [6.07, 6.45) is 1.78. The molecule has 1 aliphatic heterocycles. The van der Waals surface area contributed by atoms with E-state index in [1.807, 2.05) is 26.0 Å². The molecule has 0 saturated carbocycles. The number of sulfone groups is 1. The van der Waals surface area contributed by atoms with Crippen molar-refractivity contribution in [2.75, 3.05) is 5.75 Å². The number of allylic oxidation sites excluding steroid dienone is 1. The van der Waals surface area contributed by atoms with Crippen LogP contribution in [0.4, 0.5) is 0 Å². The van der Waals surface area contributed by atoms with Gasteiger partial charge in [-0.2, -0.15) is 0 Å². The molecule has 0 saturated heterocycles. The molecule has 1 atom stereocenters. The van der Waals surface area contributed by atoms with E-state index in [9.17, 15) is 8.42 Å². The first-order valence-electron chi connectivity index (χ1n) is 4.96. The van der Waals surface area contributed by atoms with Crippen molar-refractivity contribution in [2.24, 2.45) is 0 Å². The normalized spacial score (nSPS) is 23.2. The van der Waals surface area contributed by atoms with E-state index >= 15 is 0 Å². The van der Waals surface area contributed by atoms with Gasteiger partial charge in [0, 0.05) is 11.3 Å². The molecule has 0 radical (unpaired) electrons. The zero-order valence-corrected chi connectivity index (χ0v) is 9.71. The number of rotatable bonds is 1. The van der Waals surface area contributed by atoms with Crippen LogP contribution in [0.1, 0.15) is 22.6 Å². The Morgan fingerprint density at radius 3 is 2.53 bits per heavy atom. The Hall–Kier alpha value is -1.09. The lowest BCUT2D eigenvalue weighted by atomic mass is 9.95. The van der Waals surface area contributed by atoms with Gasteiger partial charge >= 0.3 is 0 Å². The summed E-state index contributed by atoms with van der Waals surface area (Å²) in [5.41, 5.74) is 3.50. The van der Waals surface area contributed by atoms with Crippen molar-refractivity contribution < 1.29 is 8.42 Å². The third-order valence-corrected chi connectivity index (χ3v) is 4.15. The van der Waals surface area contributed by atoms with E-state index < -0.39 is 9.84 Å². The lowest BCUT2D eigenvalue weighted by Crippen LogP contribution is -2.05. The standard InChI is InChI=1S/C12H14O2S/c1-9-3-4-12(10(2)7-9)11-5-6-15(13,14)8-11/h3-7,11H,8H2,1-2H3. The van der Waals surface area contributed by atoms with Crippen LogP contribution in [0, 0.1) is 13.8 Å². The van der Waals surface area contributed by atoms with Crippen molar-refractivity contribution in [2.45, 2.75) is 19.8 Å². The van der Waals surface area contributed by atoms with Crippen LogP contribution >= 0.6 is 0 Å². The van der Waals surface area contributed by atoms with Crippen molar-refractivity contribution in [3.8, 4) is 0 Å². The minimum atomic E-state index is -2.95. The SMILES string of the molecule is Cc1ccc(C2C=CS(=O)(=O)C2)c(C)c1. The predicted molar refractivity (Wildman–Crippen MR) is 61.6 cm³/mol. The molecule has 0 aliphatic carbocycles. The van der Waals surface area contributed by atoms with Crippen LogP contribution in [0.5, 0.6) is 0 Å². The number of hydrogen-bond acceptors (Lipinski definition) is 2. The van der Waals surface area contributed by atoms with E-state index in [1.165, 1.54) is 16.5 Å². The Balaban J connectivity index is 2.37. The van der Waals surface area contributed by atoms with Crippen molar-refractivity contribution in [3.63, 3.8) is 0 Å². The van der Waals surface area contributed by atoms with Crippen LogP contribution in [0.15, 0.2) is 29.7 Å². The maximum absolute atomic E-state index is 11.3. The van der Waals surface area contributed by atoms with Gasteiger partial charge in [0.05, 0.1) is 5.75 Å². The summed E-state index contributed by atoms with van der Waals surface area (Å²) in [7, 11) is -2.95. The molecule has 0 N–H and O–H groups in total. The van der Waals surface area contributed by atoms with E-state index in [0.29, 0.717) is 0 Å². The van der Waals surface area contributed by atoms with Crippen LogP contribution in [-0.4, -0.2) is 14.2 Å². The van der Waals surface area contributed by atoms with Gasteiger partial charge in [-0.1, -0.05) is 29.8 Å². The first kappa shape index (κ1) is 10.4. The van der Waals surface area contributed by atoms with Crippen molar-refractivity contribution in [3.05, 3.63) is 46.4 Å². The smallest absolute Gasteiger partial charge is 0.172 e. The fraction of sp³-hybridized carbons (Fsp3) is 0.333. The molecule has 0 amide bonds. The molecular weight excluding hydrogens is 208 g/mol. The molecule has 0 aromatic heterocycles. The highest BCUT2D eigenvalue weighted by atomic mass is 32.2. The summed E-state index contributed by atoms with van der Waals surface area (Å²) >= 11 is 0.